The number of carbonyl (C=O) groups excluding carboxylic acids is 2. The molecule has 2 heteroatoms. The Labute approximate surface area is 80.0 Å². The lowest BCUT2D eigenvalue weighted by molar-refractivity contribution is -0.114. The van der Waals surface area contributed by atoms with E-state index >= 15 is 0 Å². The Morgan fingerprint density at radius 1 is 1.15 bits per heavy atom. The van der Waals surface area contributed by atoms with E-state index in [-0.39, 0.29) is 5.78 Å². The van der Waals surface area contributed by atoms with E-state index in [4.69, 9.17) is 0 Å². The third kappa shape index (κ3) is 9.03. The van der Waals surface area contributed by atoms with Gasteiger partial charge in [-0.15, -0.1) is 0 Å². The van der Waals surface area contributed by atoms with Crippen LogP contribution in [0.1, 0.15) is 51.9 Å². The van der Waals surface area contributed by atoms with Crippen molar-refractivity contribution < 1.29 is 9.59 Å². The summed E-state index contributed by atoms with van der Waals surface area (Å²) in [4.78, 5) is 20.6. The molecule has 0 aromatic carbocycles. The van der Waals surface area contributed by atoms with Gasteiger partial charge in [0.05, 0.1) is 6.08 Å². The zero-order valence-corrected chi connectivity index (χ0v) is 8.34. The Morgan fingerprint density at radius 2 is 1.77 bits per heavy atom. The van der Waals surface area contributed by atoms with Crippen LogP contribution in [0.4, 0.5) is 0 Å². The van der Waals surface area contributed by atoms with Gasteiger partial charge < -0.3 is 0 Å². The predicted molar refractivity (Wildman–Crippen MR) is 53.3 cm³/mol. The molecule has 0 fully saturated rings. The van der Waals surface area contributed by atoms with Gasteiger partial charge in [-0.1, -0.05) is 39.0 Å². The number of hydrogen-bond donors (Lipinski definition) is 0. The molecule has 0 atom stereocenters. The number of allylic oxidation sites excluding steroid dienone is 1. The Bertz CT molecular complexity index is 179. The Balaban J connectivity index is 3.16. The van der Waals surface area contributed by atoms with E-state index < -0.39 is 0 Å². The summed E-state index contributed by atoms with van der Waals surface area (Å²) in [7, 11) is 0. The second-order valence-electron chi connectivity index (χ2n) is 3.25. The SMILES string of the molecule is CCCCCCCCC(=O)C=C=O. The standard InChI is InChI=1S/C11H18O2/c1-2-3-4-5-6-7-8-11(13)9-10-12/h9H,2-8H2,1H3. The molecule has 2 nitrogen and oxygen atoms in total. The van der Waals surface area contributed by atoms with Gasteiger partial charge in [0.1, 0.15) is 5.94 Å². The quantitative estimate of drug-likeness (QED) is 0.328. The van der Waals surface area contributed by atoms with Crippen LogP contribution in [0.5, 0.6) is 0 Å². The maximum Gasteiger partial charge on any atom is 0.166 e. The minimum Gasteiger partial charge on any atom is -0.294 e. The monoisotopic (exact) mass is 182 g/mol. The summed E-state index contributed by atoms with van der Waals surface area (Å²) in [5.74, 6) is 1.41. The molecule has 0 aromatic rings. The van der Waals surface area contributed by atoms with Gasteiger partial charge >= 0.3 is 0 Å². The minimum atomic E-state index is -0.0921. The van der Waals surface area contributed by atoms with E-state index in [1.54, 1.807) is 0 Å². The van der Waals surface area contributed by atoms with Crippen LogP contribution in [-0.2, 0) is 9.59 Å². The Morgan fingerprint density at radius 3 is 2.38 bits per heavy atom. The van der Waals surface area contributed by atoms with Crippen molar-refractivity contribution in [2.24, 2.45) is 0 Å². The molecule has 0 saturated carbocycles. The van der Waals surface area contributed by atoms with Gasteiger partial charge in [0.2, 0.25) is 0 Å². The fraction of sp³-hybridized carbons (Fsp3) is 0.727. The molecule has 0 aliphatic rings. The molecule has 74 valence electrons. The summed E-state index contributed by atoms with van der Waals surface area (Å²) >= 11 is 0. The van der Waals surface area contributed by atoms with Crippen LogP contribution in [0, 0.1) is 0 Å². The third-order valence-corrected chi connectivity index (χ3v) is 2.00. The number of unbranched alkanes of at least 4 members (excludes halogenated alkanes) is 5. The molecular formula is C11H18O2. The smallest absolute Gasteiger partial charge is 0.166 e. The summed E-state index contributed by atoms with van der Waals surface area (Å²) in [6.45, 7) is 2.18. The van der Waals surface area contributed by atoms with Gasteiger partial charge in [-0.2, -0.15) is 0 Å². The van der Waals surface area contributed by atoms with E-state index in [9.17, 15) is 9.59 Å². The van der Waals surface area contributed by atoms with Crippen LogP contribution < -0.4 is 0 Å². The largest absolute Gasteiger partial charge is 0.294 e. The summed E-state index contributed by atoms with van der Waals surface area (Å²) in [6, 6.07) is 0. The maximum absolute atomic E-state index is 10.8. The molecule has 13 heavy (non-hydrogen) atoms. The van der Waals surface area contributed by atoms with Crippen molar-refractivity contribution in [3.8, 4) is 0 Å². The highest BCUT2D eigenvalue weighted by Crippen LogP contribution is 2.06. The van der Waals surface area contributed by atoms with E-state index in [2.05, 4.69) is 6.92 Å². The van der Waals surface area contributed by atoms with Crippen molar-refractivity contribution in [1.29, 1.82) is 0 Å². The summed E-state index contributed by atoms with van der Waals surface area (Å²) in [5.41, 5.74) is 0. The van der Waals surface area contributed by atoms with E-state index in [0.717, 1.165) is 18.9 Å². The van der Waals surface area contributed by atoms with E-state index in [0.29, 0.717) is 6.42 Å². The van der Waals surface area contributed by atoms with Crippen LogP contribution in [0.15, 0.2) is 6.08 Å². The molecule has 0 aromatic heterocycles. The second kappa shape index (κ2) is 9.21. The highest BCUT2D eigenvalue weighted by molar-refractivity contribution is 5.95. The first-order valence-electron chi connectivity index (χ1n) is 5.05. The van der Waals surface area contributed by atoms with Crippen molar-refractivity contribution in [1.82, 2.24) is 0 Å². The molecule has 0 rings (SSSR count). The molecule has 0 aliphatic heterocycles. The molecule has 0 N–H and O–H groups in total. The maximum atomic E-state index is 10.8. The molecular weight excluding hydrogens is 164 g/mol. The van der Waals surface area contributed by atoms with Gasteiger partial charge in [0.15, 0.2) is 5.78 Å². The Hall–Kier alpha value is -0.880. The third-order valence-electron chi connectivity index (χ3n) is 2.00. The minimum absolute atomic E-state index is 0.0921. The highest BCUT2D eigenvalue weighted by Gasteiger charge is 1.96. The van der Waals surface area contributed by atoms with E-state index in [1.165, 1.54) is 31.6 Å². The van der Waals surface area contributed by atoms with Gasteiger partial charge in [-0.3, -0.25) is 4.79 Å². The molecule has 0 radical (unpaired) electrons. The topological polar surface area (TPSA) is 34.1 Å². The first kappa shape index (κ1) is 12.1. The van der Waals surface area contributed by atoms with Crippen molar-refractivity contribution in [3.05, 3.63) is 6.08 Å². The zero-order valence-electron chi connectivity index (χ0n) is 8.34. The van der Waals surface area contributed by atoms with Crippen molar-refractivity contribution in [2.45, 2.75) is 51.9 Å². The average molecular weight is 182 g/mol. The lowest BCUT2D eigenvalue weighted by Crippen LogP contribution is -1.92. The molecule has 0 spiro atoms. The lowest BCUT2D eigenvalue weighted by Gasteiger charge is -1.97. The first-order valence-corrected chi connectivity index (χ1v) is 5.05. The lowest BCUT2D eigenvalue weighted by atomic mass is 10.1. The molecule has 0 amide bonds. The van der Waals surface area contributed by atoms with Crippen molar-refractivity contribution >= 4 is 11.7 Å². The van der Waals surface area contributed by atoms with Crippen molar-refractivity contribution in [2.75, 3.05) is 0 Å². The van der Waals surface area contributed by atoms with Crippen molar-refractivity contribution in [3.63, 3.8) is 0 Å². The molecule has 0 bridgehead atoms. The molecule has 0 heterocycles. The number of rotatable bonds is 8. The van der Waals surface area contributed by atoms with Gasteiger partial charge in [0, 0.05) is 6.42 Å². The van der Waals surface area contributed by atoms with E-state index in [1.807, 2.05) is 0 Å². The predicted octanol–water partition coefficient (Wildman–Crippen LogP) is 2.69. The summed E-state index contributed by atoms with van der Waals surface area (Å²) < 4.78 is 0. The average Bonchev–Trinajstić information content (AvgIpc) is 2.11. The van der Waals surface area contributed by atoms with Crippen LogP contribution >= 0.6 is 0 Å². The highest BCUT2D eigenvalue weighted by atomic mass is 16.1. The first-order chi connectivity index (χ1) is 6.31. The van der Waals surface area contributed by atoms with Crippen LogP contribution in [0.3, 0.4) is 0 Å². The number of ketones is 1. The zero-order chi connectivity index (χ0) is 9.94. The summed E-state index contributed by atoms with van der Waals surface area (Å²) in [6.07, 6.45) is 8.47. The molecule has 0 saturated heterocycles. The number of carbonyl (C=O) groups is 1. The molecule has 0 aliphatic carbocycles. The van der Waals surface area contributed by atoms with Crippen LogP contribution in [-0.4, -0.2) is 11.7 Å². The fourth-order valence-corrected chi connectivity index (χ4v) is 1.22. The molecule has 0 unspecified atom stereocenters. The number of hydrogen-bond acceptors (Lipinski definition) is 2. The van der Waals surface area contributed by atoms with Crippen LogP contribution in [0.2, 0.25) is 0 Å². The normalized spacial score (nSPS) is 9.31. The summed E-state index contributed by atoms with van der Waals surface area (Å²) in [5, 5.41) is 0. The second-order valence-corrected chi connectivity index (χ2v) is 3.25. The van der Waals surface area contributed by atoms with Gasteiger partial charge in [0.25, 0.3) is 0 Å². The Kier molecular flexibility index (Phi) is 8.59. The van der Waals surface area contributed by atoms with Crippen LogP contribution in [0.25, 0.3) is 0 Å². The van der Waals surface area contributed by atoms with Gasteiger partial charge in [-0.05, 0) is 6.42 Å². The van der Waals surface area contributed by atoms with Gasteiger partial charge in [-0.25, -0.2) is 4.79 Å². The fourth-order valence-electron chi connectivity index (χ4n) is 1.22.